The van der Waals surface area contributed by atoms with Crippen LogP contribution in [0.1, 0.15) is 24.0 Å². The molecule has 0 unspecified atom stereocenters. The summed E-state index contributed by atoms with van der Waals surface area (Å²) < 4.78 is 5.56. The number of nitrogens with one attached hydrogen (secondary N) is 1. The lowest BCUT2D eigenvalue weighted by Crippen LogP contribution is -2.45. The summed E-state index contributed by atoms with van der Waals surface area (Å²) in [5.41, 5.74) is 3.47. The number of halogens is 1. The van der Waals surface area contributed by atoms with Crippen LogP contribution in [0, 0.1) is 6.92 Å². The van der Waals surface area contributed by atoms with Crippen molar-refractivity contribution in [3.05, 3.63) is 58.6 Å². The summed E-state index contributed by atoms with van der Waals surface area (Å²) in [6.07, 6.45) is 1.25. The summed E-state index contributed by atoms with van der Waals surface area (Å²) in [4.78, 5) is 18.3. The minimum absolute atomic E-state index is 0.00866. The average molecular weight is 428 g/mol. The number of ether oxygens (including phenoxy) is 1. The Morgan fingerprint density at radius 3 is 2.43 bits per heavy atom. The largest absolute Gasteiger partial charge is 0.381 e. The van der Waals surface area contributed by atoms with Crippen LogP contribution in [0.4, 0.5) is 11.4 Å². The van der Waals surface area contributed by atoms with Crippen LogP contribution in [0.2, 0.25) is 5.02 Å². The zero-order chi connectivity index (χ0) is 21.1. The first-order valence-electron chi connectivity index (χ1n) is 10.7. The number of piperazine rings is 1. The molecular formula is C24H30ClN3O2. The molecule has 160 valence electrons. The topological polar surface area (TPSA) is 44.8 Å². The van der Waals surface area contributed by atoms with Crippen LogP contribution in [0.25, 0.3) is 0 Å². The first-order valence-corrected chi connectivity index (χ1v) is 11.1. The van der Waals surface area contributed by atoms with E-state index in [1.54, 1.807) is 0 Å². The van der Waals surface area contributed by atoms with E-state index in [9.17, 15) is 4.79 Å². The van der Waals surface area contributed by atoms with Gasteiger partial charge < -0.3 is 19.9 Å². The van der Waals surface area contributed by atoms with Gasteiger partial charge >= 0.3 is 0 Å². The van der Waals surface area contributed by atoms with Gasteiger partial charge in [0, 0.05) is 55.8 Å². The van der Waals surface area contributed by atoms with Gasteiger partial charge in [-0.05, 0) is 62.2 Å². The third-order valence-corrected chi connectivity index (χ3v) is 6.80. The molecule has 2 aliphatic rings. The molecule has 0 saturated carbocycles. The van der Waals surface area contributed by atoms with E-state index in [1.807, 2.05) is 30.3 Å². The van der Waals surface area contributed by atoms with Crippen molar-refractivity contribution in [2.75, 3.05) is 56.7 Å². The Balaban J connectivity index is 1.56. The molecule has 2 heterocycles. The van der Waals surface area contributed by atoms with Gasteiger partial charge in [-0.3, -0.25) is 4.79 Å². The van der Waals surface area contributed by atoms with E-state index in [0.29, 0.717) is 31.1 Å². The maximum absolute atomic E-state index is 13.5. The SMILES string of the molecule is Cc1cc(NC(=O)C2(c3ccccc3Cl)CCOCC2)ccc1N1CCN(C)CC1. The number of carbonyl (C=O) groups is 1. The number of amides is 1. The monoisotopic (exact) mass is 427 g/mol. The van der Waals surface area contributed by atoms with Gasteiger partial charge in [-0.1, -0.05) is 29.8 Å². The lowest BCUT2D eigenvalue weighted by Gasteiger charge is -2.37. The second kappa shape index (κ2) is 8.96. The second-order valence-electron chi connectivity index (χ2n) is 8.42. The number of carbonyl (C=O) groups excluding carboxylic acids is 1. The highest BCUT2D eigenvalue weighted by molar-refractivity contribution is 6.31. The van der Waals surface area contributed by atoms with Crippen LogP contribution in [-0.2, 0) is 14.9 Å². The highest BCUT2D eigenvalue weighted by Crippen LogP contribution is 2.40. The van der Waals surface area contributed by atoms with Crippen molar-refractivity contribution in [3.63, 3.8) is 0 Å². The van der Waals surface area contributed by atoms with E-state index >= 15 is 0 Å². The Hall–Kier alpha value is -2.08. The third-order valence-electron chi connectivity index (χ3n) is 6.47. The third kappa shape index (κ3) is 4.20. The fourth-order valence-electron chi connectivity index (χ4n) is 4.57. The van der Waals surface area contributed by atoms with Gasteiger partial charge in [0.2, 0.25) is 5.91 Å². The van der Waals surface area contributed by atoms with Crippen molar-refractivity contribution in [1.29, 1.82) is 0 Å². The molecule has 30 heavy (non-hydrogen) atoms. The molecule has 0 aromatic heterocycles. The maximum atomic E-state index is 13.5. The summed E-state index contributed by atoms with van der Waals surface area (Å²) in [5.74, 6) is -0.00866. The molecule has 2 aromatic carbocycles. The number of anilines is 2. The molecule has 0 bridgehead atoms. The highest BCUT2D eigenvalue weighted by Gasteiger charge is 2.43. The van der Waals surface area contributed by atoms with Crippen LogP contribution in [0.3, 0.4) is 0 Å². The molecule has 0 radical (unpaired) electrons. The number of rotatable bonds is 4. The molecule has 0 atom stereocenters. The number of hydrogen-bond acceptors (Lipinski definition) is 4. The van der Waals surface area contributed by atoms with E-state index in [1.165, 1.54) is 11.3 Å². The molecular weight excluding hydrogens is 398 g/mol. The van der Waals surface area contributed by atoms with Crippen molar-refractivity contribution in [2.24, 2.45) is 0 Å². The smallest absolute Gasteiger partial charge is 0.235 e. The van der Waals surface area contributed by atoms with Gasteiger partial charge in [0.15, 0.2) is 0 Å². The maximum Gasteiger partial charge on any atom is 0.235 e. The van der Waals surface area contributed by atoms with Crippen molar-refractivity contribution in [2.45, 2.75) is 25.2 Å². The van der Waals surface area contributed by atoms with Crippen molar-refractivity contribution < 1.29 is 9.53 Å². The Bertz CT molecular complexity index is 903. The van der Waals surface area contributed by atoms with Crippen molar-refractivity contribution >= 4 is 28.9 Å². The van der Waals surface area contributed by atoms with Gasteiger partial charge in [0.1, 0.15) is 0 Å². The molecule has 0 aliphatic carbocycles. The molecule has 2 aromatic rings. The number of aryl methyl sites for hydroxylation is 1. The van der Waals surface area contributed by atoms with Crippen LogP contribution >= 0.6 is 11.6 Å². The molecule has 4 rings (SSSR count). The normalized spacial score (nSPS) is 19.5. The van der Waals surface area contributed by atoms with E-state index < -0.39 is 5.41 Å². The zero-order valence-corrected chi connectivity index (χ0v) is 18.5. The van der Waals surface area contributed by atoms with Gasteiger partial charge in [0.05, 0.1) is 5.41 Å². The summed E-state index contributed by atoms with van der Waals surface area (Å²) >= 11 is 6.51. The quantitative estimate of drug-likeness (QED) is 0.798. The van der Waals surface area contributed by atoms with Crippen LogP contribution in [0.5, 0.6) is 0 Å². The molecule has 2 saturated heterocycles. The summed E-state index contributed by atoms with van der Waals surface area (Å²) in [7, 11) is 2.16. The van der Waals surface area contributed by atoms with Gasteiger partial charge in [-0.2, -0.15) is 0 Å². The van der Waals surface area contributed by atoms with Gasteiger partial charge in [-0.15, -0.1) is 0 Å². The molecule has 2 fully saturated rings. The first kappa shape index (κ1) is 21.2. The van der Waals surface area contributed by atoms with Crippen molar-refractivity contribution in [1.82, 2.24) is 4.90 Å². The van der Waals surface area contributed by atoms with Crippen LogP contribution in [-0.4, -0.2) is 57.2 Å². The minimum atomic E-state index is -0.666. The number of benzene rings is 2. The summed E-state index contributed by atoms with van der Waals surface area (Å²) in [5, 5.41) is 3.81. The highest BCUT2D eigenvalue weighted by atomic mass is 35.5. The average Bonchev–Trinajstić information content (AvgIpc) is 2.75. The number of nitrogens with zero attached hydrogens (tertiary/aromatic N) is 2. The zero-order valence-electron chi connectivity index (χ0n) is 17.8. The Morgan fingerprint density at radius 2 is 1.77 bits per heavy atom. The fourth-order valence-corrected chi connectivity index (χ4v) is 4.89. The second-order valence-corrected chi connectivity index (χ2v) is 8.83. The lowest BCUT2D eigenvalue weighted by molar-refractivity contribution is -0.125. The lowest BCUT2D eigenvalue weighted by atomic mass is 9.73. The minimum Gasteiger partial charge on any atom is -0.381 e. The molecule has 6 heteroatoms. The Morgan fingerprint density at radius 1 is 1.07 bits per heavy atom. The van der Waals surface area contributed by atoms with Gasteiger partial charge in [-0.25, -0.2) is 0 Å². The molecule has 1 N–H and O–H groups in total. The van der Waals surface area contributed by atoms with Crippen LogP contribution < -0.4 is 10.2 Å². The number of likely N-dealkylation sites (N-methyl/N-ethyl adjacent to an activating group) is 1. The molecule has 0 spiro atoms. The predicted molar refractivity (Wildman–Crippen MR) is 123 cm³/mol. The summed E-state index contributed by atoms with van der Waals surface area (Å²) in [6.45, 7) is 7.42. The van der Waals surface area contributed by atoms with Crippen LogP contribution in [0.15, 0.2) is 42.5 Å². The van der Waals surface area contributed by atoms with Crippen molar-refractivity contribution in [3.8, 4) is 0 Å². The summed E-state index contributed by atoms with van der Waals surface area (Å²) in [6, 6.07) is 13.9. The Kier molecular flexibility index (Phi) is 6.32. The van der Waals surface area contributed by atoms with E-state index in [-0.39, 0.29) is 5.91 Å². The van der Waals surface area contributed by atoms with E-state index in [0.717, 1.165) is 37.4 Å². The fraction of sp³-hybridized carbons (Fsp3) is 0.458. The molecule has 5 nitrogen and oxygen atoms in total. The Labute approximate surface area is 184 Å². The standard InChI is InChI=1S/C24H30ClN3O2/c1-18-17-19(7-8-22(18)28-13-11-27(2)12-14-28)26-23(29)24(9-15-30-16-10-24)20-5-3-4-6-21(20)25/h3-8,17H,9-16H2,1-2H3,(H,26,29). The molecule has 2 aliphatic heterocycles. The van der Waals surface area contributed by atoms with E-state index in [2.05, 4.69) is 41.2 Å². The first-order chi connectivity index (χ1) is 14.5. The molecule has 1 amide bonds. The number of hydrogen-bond donors (Lipinski definition) is 1. The van der Waals surface area contributed by atoms with E-state index in [4.69, 9.17) is 16.3 Å². The predicted octanol–water partition coefficient (Wildman–Crippen LogP) is 4.09. The van der Waals surface area contributed by atoms with Gasteiger partial charge in [0.25, 0.3) is 0 Å².